The lowest BCUT2D eigenvalue weighted by Gasteiger charge is -2.10. The van der Waals surface area contributed by atoms with Crippen LogP contribution in [-0.2, 0) is 10.0 Å². The molecule has 2 aromatic heterocycles. The third kappa shape index (κ3) is 4.52. The predicted molar refractivity (Wildman–Crippen MR) is 121 cm³/mol. The van der Waals surface area contributed by atoms with Gasteiger partial charge in [-0.2, -0.15) is 0 Å². The van der Waals surface area contributed by atoms with Crippen molar-refractivity contribution in [1.29, 1.82) is 0 Å². The Balaban J connectivity index is 1.67. The number of nitrogens with zero attached hydrogens (tertiary/aromatic N) is 2. The highest BCUT2D eigenvalue weighted by Crippen LogP contribution is 2.28. The van der Waals surface area contributed by atoms with Crippen LogP contribution in [0, 0.1) is 0 Å². The van der Waals surface area contributed by atoms with Crippen LogP contribution in [0.1, 0.15) is 10.4 Å². The number of carbonyl (C=O) groups is 1. The zero-order chi connectivity index (χ0) is 22.0. The van der Waals surface area contributed by atoms with Crippen LogP contribution in [0.2, 0.25) is 0 Å². The first kappa shape index (κ1) is 20.5. The molecule has 0 fully saturated rings. The van der Waals surface area contributed by atoms with Gasteiger partial charge in [0.15, 0.2) is 0 Å². The highest BCUT2D eigenvalue weighted by Gasteiger charge is 2.13. The number of anilines is 1. The van der Waals surface area contributed by atoms with Crippen LogP contribution in [0.15, 0.2) is 73.1 Å². The Morgan fingerprint density at radius 1 is 0.935 bits per heavy atom. The van der Waals surface area contributed by atoms with E-state index in [1.54, 1.807) is 36.7 Å². The molecule has 1 amide bonds. The number of pyridine rings is 2. The summed E-state index contributed by atoms with van der Waals surface area (Å²) < 4.78 is 25.1. The van der Waals surface area contributed by atoms with E-state index in [4.69, 9.17) is 5.84 Å². The van der Waals surface area contributed by atoms with Crippen molar-refractivity contribution in [3.05, 3.63) is 78.6 Å². The summed E-state index contributed by atoms with van der Waals surface area (Å²) in [4.78, 5) is 20.9. The number of nitrogen functional groups attached to an aromatic ring is 1. The zero-order valence-electron chi connectivity index (χ0n) is 16.5. The Hall–Kier alpha value is -3.82. The van der Waals surface area contributed by atoms with Gasteiger partial charge in [-0.05, 0) is 35.4 Å². The molecule has 9 heteroatoms. The minimum atomic E-state index is -3.32. The molecule has 0 spiro atoms. The van der Waals surface area contributed by atoms with E-state index >= 15 is 0 Å². The molecule has 0 aliphatic carbocycles. The zero-order valence-corrected chi connectivity index (χ0v) is 17.3. The van der Waals surface area contributed by atoms with Crippen LogP contribution in [-0.4, -0.2) is 30.5 Å². The van der Waals surface area contributed by atoms with Gasteiger partial charge in [0.05, 0.1) is 23.0 Å². The van der Waals surface area contributed by atoms with E-state index < -0.39 is 15.9 Å². The molecule has 0 unspecified atom stereocenters. The van der Waals surface area contributed by atoms with Crippen LogP contribution >= 0.6 is 0 Å². The van der Waals surface area contributed by atoms with Gasteiger partial charge in [0.2, 0.25) is 10.0 Å². The second-order valence-corrected chi connectivity index (χ2v) is 8.70. The number of sulfonamides is 1. The fourth-order valence-corrected chi connectivity index (χ4v) is 3.82. The maximum absolute atomic E-state index is 12.2. The fourth-order valence-electron chi connectivity index (χ4n) is 3.26. The van der Waals surface area contributed by atoms with Gasteiger partial charge in [-0.25, -0.2) is 19.2 Å². The first-order valence-corrected chi connectivity index (χ1v) is 11.2. The minimum absolute atomic E-state index is 0.397. The molecule has 4 rings (SSSR count). The Morgan fingerprint density at radius 3 is 2.16 bits per heavy atom. The highest BCUT2D eigenvalue weighted by molar-refractivity contribution is 7.92. The number of benzene rings is 2. The van der Waals surface area contributed by atoms with E-state index in [0.29, 0.717) is 27.8 Å². The van der Waals surface area contributed by atoms with Crippen molar-refractivity contribution >= 4 is 32.5 Å². The van der Waals surface area contributed by atoms with E-state index in [9.17, 15) is 13.2 Å². The topological polar surface area (TPSA) is 127 Å². The number of hydrogen-bond donors (Lipinski definition) is 3. The predicted octanol–water partition coefficient (Wildman–Crippen LogP) is 2.94. The Bertz CT molecular complexity index is 1370. The number of amides is 1. The van der Waals surface area contributed by atoms with E-state index in [1.165, 1.54) is 0 Å². The minimum Gasteiger partial charge on any atom is -0.290 e. The van der Waals surface area contributed by atoms with Crippen molar-refractivity contribution in [3.8, 4) is 22.4 Å². The highest BCUT2D eigenvalue weighted by atomic mass is 32.2. The van der Waals surface area contributed by atoms with Gasteiger partial charge in [-0.3, -0.25) is 19.9 Å². The first-order valence-electron chi connectivity index (χ1n) is 9.28. The average molecular weight is 433 g/mol. The molecule has 8 nitrogen and oxygen atoms in total. The molecule has 0 saturated carbocycles. The van der Waals surface area contributed by atoms with Crippen LogP contribution < -0.4 is 16.0 Å². The van der Waals surface area contributed by atoms with Crippen molar-refractivity contribution < 1.29 is 13.2 Å². The van der Waals surface area contributed by atoms with Crippen LogP contribution in [0.3, 0.4) is 0 Å². The molecular formula is C22H19N5O3S. The maximum Gasteiger partial charge on any atom is 0.265 e. The Morgan fingerprint density at radius 2 is 1.55 bits per heavy atom. The molecule has 4 aromatic rings. The SMILES string of the molecule is CS(=O)(=O)Nc1ccc(-c2ccc(-c3cc(C(=O)NN)c4cnccc4n3)cc2)cc1. The van der Waals surface area contributed by atoms with Crippen molar-refractivity contribution in [2.24, 2.45) is 5.84 Å². The fraction of sp³-hybridized carbons (Fsp3) is 0.0455. The van der Waals surface area contributed by atoms with E-state index in [1.807, 2.05) is 36.4 Å². The Kier molecular flexibility index (Phi) is 5.37. The van der Waals surface area contributed by atoms with Gasteiger partial charge >= 0.3 is 0 Å². The van der Waals surface area contributed by atoms with Gasteiger partial charge in [-0.1, -0.05) is 36.4 Å². The molecule has 0 aliphatic rings. The molecule has 0 radical (unpaired) electrons. The van der Waals surface area contributed by atoms with Crippen molar-refractivity contribution in [3.63, 3.8) is 0 Å². The van der Waals surface area contributed by atoms with Crippen molar-refractivity contribution in [2.45, 2.75) is 0 Å². The molecule has 31 heavy (non-hydrogen) atoms. The molecule has 2 heterocycles. The third-order valence-corrected chi connectivity index (χ3v) is 5.29. The standard InChI is InChI=1S/C22H19N5O3S/c1-31(29,30)27-17-8-6-15(7-9-17)14-2-4-16(5-3-14)21-12-18(22(28)26-23)19-13-24-11-10-20(19)25-21/h2-13,27H,23H2,1H3,(H,26,28). The quantitative estimate of drug-likeness (QED) is 0.252. The monoisotopic (exact) mass is 433 g/mol. The maximum atomic E-state index is 12.2. The van der Waals surface area contributed by atoms with Crippen LogP contribution in [0.25, 0.3) is 33.3 Å². The number of hydrazine groups is 1. The number of hydrogen-bond acceptors (Lipinski definition) is 6. The van der Waals surface area contributed by atoms with Gasteiger partial charge < -0.3 is 0 Å². The molecule has 156 valence electrons. The van der Waals surface area contributed by atoms with Crippen molar-refractivity contribution in [2.75, 3.05) is 11.0 Å². The van der Waals surface area contributed by atoms with Gasteiger partial charge in [0.25, 0.3) is 5.91 Å². The number of nitrogens with one attached hydrogen (secondary N) is 2. The summed E-state index contributed by atoms with van der Waals surface area (Å²) in [6.07, 6.45) is 4.32. The van der Waals surface area contributed by atoms with Crippen LogP contribution in [0.4, 0.5) is 5.69 Å². The molecular weight excluding hydrogens is 414 g/mol. The molecule has 0 saturated heterocycles. The lowest BCUT2D eigenvalue weighted by Crippen LogP contribution is -2.30. The third-order valence-electron chi connectivity index (χ3n) is 4.69. The molecule has 0 bridgehead atoms. The Labute approximate surface area is 179 Å². The van der Waals surface area contributed by atoms with Crippen LogP contribution in [0.5, 0.6) is 0 Å². The number of nitrogens with two attached hydrogens (primary N) is 1. The van der Waals surface area contributed by atoms with Gasteiger partial charge in [0.1, 0.15) is 0 Å². The van der Waals surface area contributed by atoms with Gasteiger partial charge in [-0.15, -0.1) is 0 Å². The number of fused-ring (bicyclic) bond motifs is 1. The number of rotatable bonds is 5. The largest absolute Gasteiger partial charge is 0.290 e. The molecule has 4 N–H and O–H groups in total. The lowest BCUT2D eigenvalue weighted by atomic mass is 10.0. The summed E-state index contributed by atoms with van der Waals surface area (Å²) in [5.74, 6) is 4.92. The van der Waals surface area contributed by atoms with E-state index in [0.717, 1.165) is 22.9 Å². The molecule has 0 atom stereocenters. The second-order valence-electron chi connectivity index (χ2n) is 6.95. The van der Waals surface area contributed by atoms with Gasteiger partial charge in [0, 0.05) is 29.0 Å². The van der Waals surface area contributed by atoms with Crippen molar-refractivity contribution in [1.82, 2.24) is 15.4 Å². The van der Waals surface area contributed by atoms with E-state index in [2.05, 4.69) is 20.1 Å². The summed E-state index contributed by atoms with van der Waals surface area (Å²) >= 11 is 0. The normalized spacial score (nSPS) is 11.3. The first-order chi connectivity index (χ1) is 14.8. The summed E-state index contributed by atoms with van der Waals surface area (Å²) in [5, 5.41) is 0.619. The number of carbonyl (C=O) groups excluding carboxylic acids is 1. The lowest BCUT2D eigenvalue weighted by molar-refractivity contribution is 0.0955. The summed E-state index contributed by atoms with van der Waals surface area (Å²) in [6.45, 7) is 0. The molecule has 0 aliphatic heterocycles. The summed E-state index contributed by atoms with van der Waals surface area (Å²) in [7, 11) is -3.32. The number of aromatic nitrogens is 2. The summed E-state index contributed by atoms with van der Waals surface area (Å²) in [6, 6.07) is 18.2. The van der Waals surface area contributed by atoms with E-state index in [-0.39, 0.29) is 0 Å². The molecule has 2 aromatic carbocycles. The smallest absolute Gasteiger partial charge is 0.265 e. The second kappa shape index (κ2) is 8.13. The summed E-state index contributed by atoms with van der Waals surface area (Å²) in [5.41, 5.74) is 7.07. The average Bonchev–Trinajstić information content (AvgIpc) is 2.77.